The minimum absolute atomic E-state index is 0.00296. The summed E-state index contributed by atoms with van der Waals surface area (Å²) in [6.45, 7) is 13.4. The van der Waals surface area contributed by atoms with Crippen LogP contribution in [0.2, 0.25) is 0 Å². The molecule has 0 spiro atoms. The standard InChI is InChI=1S/C23H38N4O2/c1-5-24-22(25-15-12-21(28)27(6-2)7-3)26-18-23(13-16-29-17-14-23)20-11-9-8-10-19(20)4/h8-11H,5-7,12-18H2,1-4H3,(H2,24,25,26). The number of nitrogens with zero attached hydrogens (tertiary/aromatic N) is 2. The van der Waals surface area contributed by atoms with Crippen LogP contribution in [0.4, 0.5) is 0 Å². The number of nitrogens with one attached hydrogen (secondary N) is 2. The molecule has 1 aromatic rings. The molecule has 0 aliphatic carbocycles. The van der Waals surface area contributed by atoms with E-state index in [2.05, 4.69) is 48.7 Å². The zero-order valence-corrected chi connectivity index (χ0v) is 18.6. The maximum atomic E-state index is 12.2. The van der Waals surface area contributed by atoms with Gasteiger partial charge in [0.25, 0.3) is 0 Å². The Kier molecular flexibility index (Phi) is 9.45. The van der Waals surface area contributed by atoms with Gasteiger partial charge in [0.2, 0.25) is 5.91 Å². The molecule has 29 heavy (non-hydrogen) atoms. The lowest BCUT2D eigenvalue weighted by Gasteiger charge is -2.37. The highest BCUT2D eigenvalue weighted by atomic mass is 16.5. The van der Waals surface area contributed by atoms with Gasteiger partial charge in [-0.1, -0.05) is 24.3 Å². The predicted octanol–water partition coefficient (Wildman–Crippen LogP) is 2.86. The van der Waals surface area contributed by atoms with E-state index < -0.39 is 0 Å². The predicted molar refractivity (Wildman–Crippen MR) is 119 cm³/mol. The van der Waals surface area contributed by atoms with Crippen LogP contribution in [0, 0.1) is 6.92 Å². The minimum Gasteiger partial charge on any atom is -0.381 e. The zero-order chi connectivity index (χ0) is 21.1. The number of benzene rings is 1. The van der Waals surface area contributed by atoms with Crippen LogP contribution < -0.4 is 10.6 Å². The highest BCUT2D eigenvalue weighted by molar-refractivity contribution is 5.81. The Bertz CT molecular complexity index is 665. The van der Waals surface area contributed by atoms with Gasteiger partial charge in [0, 0.05) is 51.2 Å². The van der Waals surface area contributed by atoms with Crippen LogP contribution in [-0.2, 0) is 14.9 Å². The van der Waals surface area contributed by atoms with Gasteiger partial charge in [-0.25, -0.2) is 0 Å². The fourth-order valence-electron chi connectivity index (χ4n) is 4.04. The zero-order valence-electron chi connectivity index (χ0n) is 18.6. The fraction of sp³-hybridized carbons (Fsp3) is 0.652. The van der Waals surface area contributed by atoms with Crippen molar-refractivity contribution in [3.8, 4) is 0 Å². The third-order valence-electron chi connectivity index (χ3n) is 5.80. The first-order valence-electron chi connectivity index (χ1n) is 11.0. The van der Waals surface area contributed by atoms with Crippen molar-refractivity contribution >= 4 is 11.9 Å². The molecule has 1 aliphatic rings. The first-order valence-corrected chi connectivity index (χ1v) is 11.0. The number of aryl methyl sites for hydroxylation is 1. The summed E-state index contributed by atoms with van der Waals surface area (Å²) in [6, 6.07) is 8.62. The lowest BCUT2D eigenvalue weighted by atomic mass is 9.72. The highest BCUT2D eigenvalue weighted by Gasteiger charge is 2.35. The van der Waals surface area contributed by atoms with E-state index in [0.717, 1.165) is 51.6 Å². The van der Waals surface area contributed by atoms with Crippen molar-refractivity contribution in [3.63, 3.8) is 0 Å². The van der Waals surface area contributed by atoms with E-state index in [1.807, 2.05) is 18.7 Å². The Morgan fingerprint density at radius 3 is 2.45 bits per heavy atom. The molecule has 2 N–H and O–H groups in total. The van der Waals surface area contributed by atoms with E-state index in [1.54, 1.807) is 0 Å². The molecule has 0 aromatic heterocycles. The van der Waals surface area contributed by atoms with Crippen LogP contribution in [0.15, 0.2) is 29.3 Å². The molecule has 0 unspecified atom stereocenters. The van der Waals surface area contributed by atoms with Crippen molar-refractivity contribution in [2.45, 2.75) is 52.4 Å². The van der Waals surface area contributed by atoms with Crippen molar-refractivity contribution in [1.82, 2.24) is 15.5 Å². The Balaban J connectivity index is 2.07. The largest absolute Gasteiger partial charge is 0.381 e. The van der Waals surface area contributed by atoms with Crippen LogP contribution in [-0.4, -0.2) is 62.7 Å². The van der Waals surface area contributed by atoms with E-state index in [-0.39, 0.29) is 11.3 Å². The smallest absolute Gasteiger partial charge is 0.224 e. The SMILES string of the molecule is CCNC(=NCC1(c2ccccc2C)CCOCC1)NCCC(=O)N(CC)CC. The van der Waals surface area contributed by atoms with E-state index in [0.29, 0.717) is 19.5 Å². The van der Waals surface area contributed by atoms with E-state index in [1.165, 1.54) is 11.1 Å². The second-order valence-electron chi connectivity index (χ2n) is 7.65. The molecule has 1 saturated heterocycles. The number of rotatable bonds is 9. The quantitative estimate of drug-likeness (QED) is 0.492. The third kappa shape index (κ3) is 6.46. The summed E-state index contributed by atoms with van der Waals surface area (Å²) in [7, 11) is 0. The maximum absolute atomic E-state index is 12.2. The normalized spacial score (nSPS) is 16.3. The number of aliphatic imine (C=N–C) groups is 1. The van der Waals surface area contributed by atoms with E-state index in [4.69, 9.17) is 9.73 Å². The summed E-state index contributed by atoms with van der Waals surface area (Å²) in [4.78, 5) is 19.0. The lowest BCUT2D eigenvalue weighted by molar-refractivity contribution is -0.130. The summed E-state index contributed by atoms with van der Waals surface area (Å²) in [5.74, 6) is 0.957. The van der Waals surface area contributed by atoms with E-state index >= 15 is 0 Å². The van der Waals surface area contributed by atoms with Crippen molar-refractivity contribution < 1.29 is 9.53 Å². The molecule has 0 saturated carbocycles. The molecular formula is C23H38N4O2. The van der Waals surface area contributed by atoms with Crippen molar-refractivity contribution in [2.75, 3.05) is 45.9 Å². The van der Waals surface area contributed by atoms with Gasteiger partial charge in [-0.3, -0.25) is 9.79 Å². The summed E-state index contributed by atoms with van der Waals surface area (Å²) >= 11 is 0. The summed E-state index contributed by atoms with van der Waals surface area (Å²) in [5.41, 5.74) is 2.69. The van der Waals surface area contributed by atoms with Gasteiger partial charge in [0.15, 0.2) is 5.96 Å². The van der Waals surface area contributed by atoms with E-state index in [9.17, 15) is 4.79 Å². The molecule has 1 heterocycles. The van der Waals surface area contributed by atoms with Crippen LogP contribution in [0.3, 0.4) is 0 Å². The number of guanidine groups is 1. The first-order chi connectivity index (χ1) is 14.1. The second-order valence-corrected chi connectivity index (χ2v) is 7.65. The third-order valence-corrected chi connectivity index (χ3v) is 5.80. The van der Waals surface area contributed by atoms with Crippen LogP contribution >= 0.6 is 0 Å². The number of ether oxygens (including phenoxy) is 1. The maximum Gasteiger partial charge on any atom is 0.224 e. The van der Waals surface area contributed by atoms with Gasteiger partial charge < -0.3 is 20.3 Å². The van der Waals surface area contributed by atoms with Gasteiger partial charge in [-0.05, 0) is 51.7 Å². The van der Waals surface area contributed by atoms with Gasteiger partial charge in [-0.15, -0.1) is 0 Å². The Morgan fingerprint density at radius 2 is 1.83 bits per heavy atom. The molecule has 1 amide bonds. The number of carbonyl (C=O) groups excluding carboxylic acids is 1. The van der Waals surface area contributed by atoms with Crippen LogP contribution in [0.5, 0.6) is 0 Å². The second kappa shape index (κ2) is 11.8. The average Bonchev–Trinajstić information content (AvgIpc) is 2.74. The van der Waals surface area contributed by atoms with Crippen molar-refractivity contribution in [3.05, 3.63) is 35.4 Å². The number of hydrogen-bond acceptors (Lipinski definition) is 3. The molecule has 6 heteroatoms. The molecule has 1 aliphatic heterocycles. The molecule has 1 fully saturated rings. The van der Waals surface area contributed by atoms with Crippen molar-refractivity contribution in [2.24, 2.45) is 4.99 Å². The summed E-state index contributed by atoms with van der Waals surface area (Å²) < 4.78 is 5.65. The van der Waals surface area contributed by atoms with Crippen LogP contribution in [0.25, 0.3) is 0 Å². The van der Waals surface area contributed by atoms with Gasteiger partial charge >= 0.3 is 0 Å². The lowest BCUT2D eigenvalue weighted by Crippen LogP contribution is -2.42. The van der Waals surface area contributed by atoms with Gasteiger partial charge in [-0.2, -0.15) is 0 Å². The van der Waals surface area contributed by atoms with Gasteiger partial charge in [0.05, 0.1) is 6.54 Å². The molecule has 0 radical (unpaired) electrons. The van der Waals surface area contributed by atoms with Crippen LogP contribution in [0.1, 0.15) is 51.2 Å². The molecule has 6 nitrogen and oxygen atoms in total. The minimum atomic E-state index is 0.00296. The molecule has 162 valence electrons. The molecule has 1 aromatic carbocycles. The summed E-state index contributed by atoms with van der Waals surface area (Å²) in [5, 5.41) is 6.66. The molecule has 0 bridgehead atoms. The Morgan fingerprint density at radius 1 is 1.14 bits per heavy atom. The Hall–Kier alpha value is -2.08. The number of carbonyl (C=O) groups is 1. The Labute approximate surface area is 176 Å². The topological polar surface area (TPSA) is 66.0 Å². The highest BCUT2D eigenvalue weighted by Crippen LogP contribution is 2.37. The summed E-state index contributed by atoms with van der Waals surface area (Å²) in [6.07, 6.45) is 2.42. The number of hydrogen-bond donors (Lipinski definition) is 2. The molecular weight excluding hydrogens is 364 g/mol. The number of amides is 1. The molecule has 0 atom stereocenters. The van der Waals surface area contributed by atoms with Crippen molar-refractivity contribution in [1.29, 1.82) is 0 Å². The molecule has 2 rings (SSSR count). The first kappa shape index (κ1) is 23.2. The average molecular weight is 403 g/mol. The fourth-order valence-corrected chi connectivity index (χ4v) is 4.04. The van der Waals surface area contributed by atoms with Gasteiger partial charge in [0.1, 0.15) is 0 Å². The monoisotopic (exact) mass is 402 g/mol.